The highest BCUT2D eigenvalue weighted by molar-refractivity contribution is 5.91. The second kappa shape index (κ2) is 7.17. The number of aliphatic hydroxyl groups excluding tert-OH is 3. The molecule has 1 amide bonds. The third-order valence-corrected chi connectivity index (χ3v) is 3.72. The lowest BCUT2D eigenvalue weighted by atomic mass is 10.1. The number of anilines is 1. The predicted octanol–water partition coefficient (Wildman–Crippen LogP) is -0.913. The van der Waals surface area contributed by atoms with Crippen LogP contribution in [0, 0.1) is 5.92 Å². The third kappa shape index (κ3) is 3.48. The van der Waals surface area contributed by atoms with Crippen molar-refractivity contribution >= 4 is 11.7 Å². The zero-order valence-electron chi connectivity index (χ0n) is 13.5. The normalized spacial score (nSPS) is 28.6. The molecule has 136 valence electrons. The number of hydrogen-bond donors (Lipinski definition) is 4. The average Bonchev–Trinajstić information content (AvgIpc) is 2.81. The van der Waals surface area contributed by atoms with Crippen molar-refractivity contribution in [3.63, 3.8) is 0 Å². The average molecular weight is 354 g/mol. The van der Waals surface area contributed by atoms with Gasteiger partial charge < -0.3 is 25.4 Å². The number of azide groups is 1. The van der Waals surface area contributed by atoms with Gasteiger partial charge in [0, 0.05) is 17.0 Å². The predicted molar refractivity (Wildman–Crippen MR) is 83.1 cm³/mol. The smallest absolute Gasteiger partial charge is 0.351 e. The highest BCUT2D eigenvalue weighted by atomic mass is 16.6. The molecule has 0 bridgehead atoms. The minimum atomic E-state index is -2.12. The van der Waals surface area contributed by atoms with Crippen LogP contribution in [0.2, 0.25) is 0 Å². The van der Waals surface area contributed by atoms with Crippen LogP contribution >= 0.6 is 0 Å². The van der Waals surface area contributed by atoms with Gasteiger partial charge in [0.05, 0.1) is 6.61 Å². The van der Waals surface area contributed by atoms with Gasteiger partial charge in [0.1, 0.15) is 18.0 Å². The molecule has 0 radical (unpaired) electrons. The first kappa shape index (κ1) is 18.8. The molecule has 0 spiro atoms. The molecule has 0 aliphatic carbocycles. The Morgan fingerprint density at radius 1 is 1.60 bits per heavy atom. The van der Waals surface area contributed by atoms with Crippen molar-refractivity contribution < 1.29 is 24.9 Å². The number of rotatable bonds is 5. The van der Waals surface area contributed by atoms with Crippen molar-refractivity contribution in [2.45, 2.75) is 38.0 Å². The van der Waals surface area contributed by atoms with Crippen LogP contribution in [0.1, 0.15) is 20.1 Å². The Labute approximate surface area is 141 Å². The molecular weight excluding hydrogens is 336 g/mol. The van der Waals surface area contributed by atoms with E-state index in [1.807, 2.05) is 0 Å². The van der Waals surface area contributed by atoms with E-state index in [0.717, 1.165) is 4.57 Å². The molecule has 0 saturated carbocycles. The molecule has 0 aromatic carbocycles. The maximum Gasteiger partial charge on any atom is 0.351 e. The Morgan fingerprint density at radius 2 is 2.28 bits per heavy atom. The van der Waals surface area contributed by atoms with Crippen LogP contribution in [0.4, 0.5) is 5.82 Å². The van der Waals surface area contributed by atoms with Crippen LogP contribution in [0.5, 0.6) is 0 Å². The van der Waals surface area contributed by atoms with Crippen LogP contribution in [-0.4, -0.2) is 55.3 Å². The quantitative estimate of drug-likeness (QED) is 0.299. The fourth-order valence-corrected chi connectivity index (χ4v) is 2.26. The number of ether oxygens (including phenoxy) is 1. The van der Waals surface area contributed by atoms with Crippen molar-refractivity contribution in [1.82, 2.24) is 9.55 Å². The maximum absolute atomic E-state index is 12.1. The molecule has 25 heavy (non-hydrogen) atoms. The molecule has 1 saturated heterocycles. The van der Waals surface area contributed by atoms with Crippen LogP contribution in [0.25, 0.3) is 10.4 Å². The fraction of sp³-hybridized carbons (Fsp3) is 0.615. The molecule has 1 aliphatic heterocycles. The first-order valence-corrected chi connectivity index (χ1v) is 7.37. The Bertz CT molecular complexity index is 760. The summed E-state index contributed by atoms with van der Waals surface area (Å²) in [5.74, 6) is -0.635. The zero-order valence-corrected chi connectivity index (χ0v) is 13.5. The molecule has 1 aliphatic rings. The number of nitrogens with one attached hydrogen (secondary N) is 1. The summed E-state index contributed by atoms with van der Waals surface area (Å²) in [5, 5.41) is 35.1. The number of amides is 1. The summed E-state index contributed by atoms with van der Waals surface area (Å²) in [6, 6.07) is 1.30. The zero-order chi connectivity index (χ0) is 18.8. The van der Waals surface area contributed by atoms with Crippen LogP contribution in [0.3, 0.4) is 0 Å². The summed E-state index contributed by atoms with van der Waals surface area (Å²) in [7, 11) is 0. The fourth-order valence-electron chi connectivity index (χ4n) is 2.26. The highest BCUT2D eigenvalue weighted by Gasteiger charge is 2.54. The van der Waals surface area contributed by atoms with Gasteiger partial charge in [0.25, 0.3) is 0 Å². The van der Waals surface area contributed by atoms with Crippen molar-refractivity contribution in [3.8, 4) is 0 Å². The molecule has 1 aromatic heterocycles. The minimum absolute atomic E-state index is 0.0106. The Morgan fingerprint density at radius 3 is 2.80 bits per heavy atom. The number of nitrogens with zero attached hydrogens (tertiary/aromatic N) is 5. The van der Waals surface area contributed by atoms with Crippen molar-refractivity contribution in [2.24, 2.45) is 11.0 Å². The Hall–Kier alpha value is -2.50. The SMILES string of the molecule is CC(C)C(=O)Nc1ccn(C2OC(CO)(N=[N+]=[N-])C(O)C2O)c(=O)n1. The summed E-state index contributed by atoms with van der Waals surface area (Å²) in [5.41, 5.74) is 5.55. The summed E-state index contributed by atoms with van der Waals surface area (Å²) in [4.78, 5) is 29.9. The second-order valence-electron chi connectivity index (χ2n) is 5.78. The number of hydrogen-bond acceptors (Lipinski definition) is 8. The Balaban J connectivity index is 2.32. The summed E-state index contributed by atoms with van der Waals surface area (Å²) in [6.07, 6.45) is -3.67. The second-order valence-corrected chi connectivity index (χ2v) is 5.78. The molecule has 12 heteroatoms. The summed E-state index contributed by atoms with van der Waals surface area (Å²) >= 11 is 0. The molecule has 1 fully saturated rings. The van der Waals surface area contributed by atoms with Gasteiger partial charge in [-0.05, 0) is 11.6 Å². The van der Waals surface area contributed by atoms with Crippen molar-refractivity contribution in [2.75, 3.05) is 11.9 Å². The molecule has 2 heterocycles. The van der Waals surface area contributed by atoms with Gasteiger partial charge in [0.2, 0.25) is 11.6 Å². The molecule has 2 rings (SSSR count). The standard InChI is InChI=1S/C13H18N6O6/c1-6(2)10(23)15-7-3-4-19(12(24)16-7)11-8(21)9(22)13(5-20,25-11)17-18-14/h3-4,6,8-9,11,20-22H,5H2,1-2H3,(H,15,16,23,24). The number of carbonyl (C=O) groups is 1. The monoisotopic (exact) mass is 354 g/mol. The van der Waals surface area contributed by atoms with Gasteiger partial charge >= 0.3 is 5.69 Å². The van der Waals surface area contributed by atoms with Crippen molar-refractivity contribution in [3.05, 3.63) is 33.2 Å². The first-order chi connectivity index (χ1) is 11.8. The van der Waals surface area contributed by atoms with E-state index >= 15 is 0 Å². The summed E-state index contributed by atoms with van der Waals surface area (Å²) in [6.45, 7) is 2.44. The van der Waals surface area contributed by atoms with E-state index in [1.54, 1.807) is 13.8 Å². The maximum atomic E-state index is 12.1. The molecule has 4 unspecified atom stereocenters. The topological polar surface area (TPSA) is 183 Å². The van der Waals surface area contributed by atoms with Crippen molar-refractivity contribution in [1.29, 1.82) is 0 Å². The van der Waals surface area contributed by atoms with Crippen LogP contribution in [0.15, 0.2) is 22.2 Å². The van der Waals surface area contributed by atoms with E-state index in [4.69, 9.17) is 10.3 Å². The molecule has 1 aromatic rings. The molecule has 4 N–H and O–H groups in total. The van der Waals surface area contributed by atoms with Gasteiger partial charge in [-0.25, -0.2) is 4.79 Å². The molecule has 12 nitrogen and oxygen atoms in total. The van der Waals surface area contributed by atoms with Gasteiger partial charge in [-0.3, -0.25) is 9.36 Å². The van der Waals surface area contributed by atoms with Gasteiger partial charge in [-0.1, -0.05) is 19.0 Å². The van der Waals surface area contributed by atoms with Gasteiger partial charge in [-0.15, -0.1) is 0 Å². The van der Waals surface area contributed by atoms with E-state index in [1.165, 1.54) is 12.3 Å². The van der Waals surface area contributed by atoms with E-state index < -0.39 is 36.5 Å². The molecule has 4 atom stereocenters. The number of aliphatic hydroxyl groups is 3. The van der Waals surface area contributed by atoms with E-state index in [0.29, 0.717) is 0 Å². The van der Waals surface area contributed by atoms with Gasteiger partial charge in [-0.2, -0.15) is 4.98 Å². The lowest BCUT2D eigenvalue weighted by molar-refractivity contribution is -0.125. The van der Waals surface area contributed by atoms with E-state index in [-0.39, 0.29) is 17.6 Å². The summed E-state index contributed by atoms with van der Waals surface area (Å²) < 4.78 is 6.10. The van der Waals surface area contributed by atoms with Crippen LogP contribution in [-0.2, 0) is 9.53 Å². The van der Waals surface area contributed by atoms with E-state index in [9.17, 15) is 24.9 Å². The third-order valence-electron chi connectivity index (χ3n) is 3.72. The highest BCUT2D eigenvalue weighted by Crippen LogP contribution is 2.37. The number of aromatic nitrogens is 2. The largest absolute Gasteiger partial charge is 0.393 e. The Kier molecular flexibility index (Phi) is 5.40. The van der Waals surface area contributed by atoms with Gasteiger partial charge in [0.15, 0.2) is 6.23 Å². The number of carbonyl (C=O) groups excluding carboxylic acids is 1. The van der Waals surface area contributed by atoms with E-state index in [2.05, 4.69) is 20.3 Å². The minimum Gasteiger partial charge on any atom is -0.393 e. The molecular formula is C13H18N6O6. The lowest BCUT2D eigenvalue weighted by Gasteiger charge is -2.23. The lowest BCUT2D eigenvalue weighted by Crippen LogP contribution is -2.44. The van der Waals surface area contributed by atoms with Crippen LogP contribution < -0.4 is 11.0 Å². The first-order valence-electron chi connectivity index (χ1n) is 7.37.